The van der Waals surface area contributed by atoms with Gasteiger partial charge in [-0.25, -0.2) is 0 Å². The first-order valence-corrected chi connectivity index (χ1v) is 7.50. The highest BCUT2D eigenvalue weighted by Crippen LogP contribution is 2.31. The average Bonchev–Trinajstić information content (AvgIpc) is 2.60. The molecule has 4 nitrogen and oxygen atoms in total. The Morgan fingerprint density at radius 1 is 1.08 bits per heavy atom. The Morgan fingerprint density at radius 3 is 2.46 bits per heavy atom. The number of hydrogen-bond donors (Lipinski definition) is 0. The van der Waals surface area contributed by atoms with E-state index in [9.17, 15) is 13.2 Å². The summed E-state index contributed by atoms with van der Waals surface area (Å²) in [5.41, 5.74) is 0.625. The topological polar surface area (TPSA) is 40.6 Å². The summed E-state index contributed by atoms with van der Waals surface area (Å²) >= 11 is 0. The van der Waals surface area contributed by atoms with Crippen LogP contribution in [0.1, 0.15) is 29.4 Å². The van der Waals surface area contributed by atoms with Crippen molar-refractivity contribution >= 4 is 0 Å². The molecule has 0 spiro atoms. The van der Waals surface area contributed by atoms with E-state index in [0.29, 0.717) is 30.1 Å². The van der Waals surface area contributed by atoms with Crippen molar-refractivity contribution in [3.8, 4) is 5.75 Å². The van der Waals surface area contributed by atoms with Crippen molar-refractivity contribution in [3.05, 3.63) is 59.4 Å². The van der Waals surface area contributed by atoms with Crippen LogP contribution < -0.4 is 4.74 Å². The first kappa shape index (κ1) is 16.7. The number of rotatable bonds is 4. The van der Waals surface area contributed by atoms with Crippen LogP contribution in [-0.4, -0.2) is 18.2 Å². The van der Waals surface area contributed by atoms with E-state index in [-0.39, 0.29) is 6.61 Å². The van der Waals surface area contributed by atoms with Crippen LogP contribution in [-0.2, 0) is 22.3 Å². The molecule has 0 saturated carbocycles. The van der Waals surface area contributed by atoms with Crippen molar-refractivity contribution in [1.82, 2.24) is 4.98 Å². The van der Waals surface area contributed by atoms with E-state index >= 15 is 0 Å². The van der Waals surface area contributed by atoms with Crippen LogP contribution in [0.15, 0.2) is 42.7 Å². The van der Waals surface area contributed by atoms with Crippen molar-refractivity contribution in [2.45, 2.75) is 25.5 Å². The van der Waals surface area contributed by atoms with E-state index in [1.807, 2.05) is 0 Å². The van der Waals surface area contributed by atoms with Crippen molar-refractivity contribution in [2.75, 3.05) is 13.2 Å². The Kier molecular flexibility index (Phi) is 5.01. The Bertz CT molecular complexity index is 668. The molecule has 1 fully saturated rings. The van der Waals surface area contributed by atoms with Gasteiger partial charge in [-0.2, -0.15) is 13.2 Å². The quantitative estimate of drug-likeness (QED) is 0.840. The number of hydrogen-bond acceptors (Lipinski definition) is 4. The number of halogens is 3. The number of nitrogens with zero attached hydrogens (tertiary/aromatic N) is 1. The second-order valence-electron chi connectivity index (χ2n) is 5.32. The summed E-state index contributed by atoms with van der Waals surface area (Å²) in [6.07, 6.45) is -0.853. The third-order valence-electron chi connectivity index (χ3n) is 3.57. The zero-order valence-electron chi connectivity index (χ0n) is 12.8. The molecule has 1 aromatic heterocycles. The number of pyridine rings is 1. The van der Waals surface area contributed by atoms with E-state index in [0.717, 1.165) is 18.6 Å². The summed E-state index contributed by atoms with van der Waals surface area (Å²) in [5, 5.41) is 0. The second-order valence-corrected chi connectivity index (χ2v) is 5.32. The summed E-state index contributed by atoms with van der Waals surface area (Å²) in [4.78, 5) is 4.05. The first-order chi connectivity index (χ1) is 11.5. The molecule has 0 atom stereocenters. The molecule has 0 amide bonds. The minimum absolute atomic E-state index is 0.141. The van der Waals surface area contributed by atoms with Crippen molar-refractivity contribution in [3.63, 3.8) is 0 Å². The van der Waals surface area contributed by atoms with Gasteiger partial charge in [-0.05, 0) is 30.2 Å². The Labute approximate surface area is 137 Å². The molecule has 0 N–H and O–H groups in total. The minimum atomic E-state index is -4.34. The van der Waals surface area contributed by atoms with Gasteiger partial charge in [-0.3, -0.25) is 4.98 Å². The molecule has 1 aliphatic rings. The second kappa shape index (κ2) is 7.19. The molecule has 1 aliphatic heterocycles. The number of benzene rings is 1. The SMILES string of the molecule is FC(F)(F)c1ccc(COc2ccncc2C2OCCCO2)cc1. The lowest BCUT2D eigenvalue weighted by Crippen LogP contribution is -2.18. The maximum atomic E-state index is 12.6. The maximum absolute atomic E-state index is 12.6. The lowest BCUT2D eigenvalue weighted by atomic mass is 10.1. The molecule has 24 heavy (non-hydrogen) atoms. The largest absolute Gasteiger partial charge is 0.488 e. The summed E-state index contributed by atoms with van der Waals surface area (Å²) < 4.78 is 54.5. The molecule has 1 aromatic carbocycles. The summed E-state index contributed by atoms with van der Waals surface area (Å²) in [5.74, 6) is 0.539. The highest BCUT2D eigenvalue weighted by atomic mass is 19.4. The average molecular weight is 339 g/mol. The van der Waals surface area contributed by atoms with E-state index in [4.69, 9.17) is 14.2 Å². The highest BCUT2D eigenvalue weighted by molar-refractivity contribution is 5.32. The minimum Gasteiger partial charge on any atom is -0.488 e. The third-order valence-corrected chi connectivity index (χ3v) is 3.57. The van der Waals surface area contributed by atoms with E-state index in [2.05, 4.69) is 4.98 Å². The lowest BCUT2D eigenvalue weighted by Gasteiger charge is -2.24. The van der Waals surface area contributed by atoms with Crippen LogP contribution in [0.25, 0.3) is 0 Å². The maximum Gasteiger partial charge on any atom is 0.416 e. The Morgan fingerprint density at radius 2 is 1.79 bits per heavy atom. The van der Waals surface area contributed by atoms with E-state index in [1.165, 1.54) is 12.1 Å². The van der Waals surface area contributed by atoms with Gasteiger partial charge >= 0.3 is 6.18 Å². The molecular formula is C17H16F3NO3. The first-order valence-electron chi connectivity index (χ1n) is 7.50. The van der Waals surface area contributed by atoms with Crippen LogP contribution in [0.3, 0.4) is 0 Å². The van der Waals surface area contributed by atoms with Crippen molar-refractivity contribution in [2.24, 2.45) is 0 Å². The molecule has 1 saturated heterocycles. The molecule has 7 heteroatoms. The van der Waals surface area contributed by atoms with Gasteiger partial charge in [0.05, 0.1) is 24.3 Å². The smallest absolute Gasteiger partial charge is 0.416 e. The molecule has 0 radical (unpaired) electrons. The molecule has 3 rings (SSSR count). The monoisotopic (exact) mass is 339 g/mol. The number of alkyl halides is 3. The molecule has 128 valence electrons. The van der Waals surface area contributed by atoms with Gasteiger partial charge in [0.25, 0.3) is 0 Å². The predicted molar refractivity (Wildman–Crippen MR) is 79.3 cm³/mol. The summed E-state index contributed by atoms with van der Waals surface area (Å²) in [6, 6.07) is 6.56. The van der Waals surface area contributed by atoms with Crippen LogP contribution >= 0.6 is 0 Å². The van der Waals surface area contributed by atoms with Crippen molar-refractivity contribution < 1.29 is 27.4 Å². The zero-order chi connectivity index (χ0) is 17.0. The molecule has 0 unspecified atom stereocenters. The zero-order valence-corrected chi connectivity index (χ0v) is 12.8. The van der Waals surface area contributed by atoms with Gasteiger partial charge in [0, 0.05) is 12.4 Å². The molecule has 2 heterocycles. The van der Waals surface area contributed by atoms with Gasteiger partial charge in [0.2, 0.25) is 0 Å². The van der Waals surface area contributed by atoms with Gasteiger partial charge in [0.15, 0.2) is 6.29 Å². The van der Waals surface area contributed by atoms with Gasteiger partial charge in [-0.15, -0.1) is 0 Å². The molecule has 0 bridgehead atoms. The van der Waals surface area contributed by atoms with Gasteiger partial charge in [0.1, 0.15) is 12.4 Å². The fraction of sp³-hybridized carbons (Fsp3) is 0.353. The van der Waals surface area contributed by atoms with Crippen LogP contribution in [0, 0.1) is 0 Å². The molecular weight excluding hydrogens is 323 g/mol. The van der Waals surface area contributed by atoms with Crippen molar-refractivity contribution in [1.29, 1.82) is 0 Å². The van der Waals surface area contributed by atoms with E-state index < -0.39 is 18.0 Å². The standard InChI is InChI=1S/C17H16F3NO3/c18-17(19,20)13-4-2-12(3-5-13)11-24-15-6-7-21-10-14(15)16-22-8-1-9-23-16/h2-7,10,16H,1,8-9,11H2. The summed E-state index contributed by atoms with van der Waals surface area (Å²) in [7, 11) is 0. The normalized spacial score (nSPS) is 16.1. The molecule has 2 aromatic rings. The van der Waals surface area contributed by atoms with Gasteiger partial charge in [-0.1, -0.05) is 12.1 Å². The van der Waals surface area contributed by atoms with Crippen LogP contribution in [0.4, 0.5) is 13.2 Å². The fourth-order valence-electron chi connectivity index (χ4n) is 2.32. The molecule has 0 aliphatic carbocycles. The Balaban J connectivity index is 1.68. The predicted octanol–water partition coefficient (Wildman–Crippen LogP) is 4.11. The Hall–Kier alpha value is -2.12. The van der Waals surface area contributed by atoms with E-state index in [1.54, 1.807) is 18.5 Å². The summed E-state index contributed by atoms with van der Waals surface area (Å²) in [6.45, 7) is 1.33. The number of aromatic nitrogens is 1. The fourth-order valence-corrected chi connectivity index (χ4v) is 2.32. The van der Waals surface area contributed by atoms with Gasteiger partial charge < -0.3 is 14.2 Å². The lowest BCUT2D eigenvalue weighted by molar-refractivity contribution is -0.183. The number of ether oxygens (including phenoxy) is 3. The van der Waals surface area contributed by atoms with Crippen LogP contribution in [0.2, 0.25) is 0 Å². The highest BCUT2D eigenvalue weighted by Gasteiger charge is 2.30. The third kappa shape index (κ3) is 4.04. The van der Waals surface area contributed by atoms with Crippen LogP contribution in [0.5, 0.6) is 5.75 Å².